The molecule has 0 bridgehead atoms. The number of hydrogen-bond donors (Lipinski definition) is 0. The molecule has 0 saturated carbocycles. The summed E-state index contributed by atoms with van der Waals surface area (Å²) < 4.78 is 9.65. The van der Waals surface area contributed by atoms with E-state index in [1.165, 1.54) is 135 Å². The van der Waals surface area contributed by atoms with Gasteiger partial charge in [0.1, 0.15) is 11.2 Å². The molecule has 0 amide bonds. The zero-order valence-corrected chi connectivity index (χ0v) is 42.5. The van der Waals surface area contributed by atoms with E-state index in [2.05, 4.69) is 219 Å². The number of nitrogens with zero attached hydrogens (tertiary/aromatic N) is 2. The van der Waals surface area contributed by atoms with Crippen LogP contribution in [-0.2, 0) is 27.1 Å². The van der Waals surface area contributed by atoms with E-state index in [-0.39, 0.29) is 33.9 Å². The topological polar surface area (TPSA) is 21.3 Å². The van der Waals surface area contributed by atoms with E-state index in [9.17, 15) is 0 Å². The molecule has 2 aromatic heterocycles. The lowest BCUT2D eigenvalue weighted by Crippen LogP contribution is -2.61. The van der Waals surface area contributed by atoms with Gasteiger partial charge in [0.2, 0.25) is 0 Å². The SMILES string of the molecule is CC(C)(C)c1ccc(N2B3c4cc5c(cc4-n4c6cc7c(cc6c6c8c(c(c3c64)-c3cc4c(cc32)oc2ccccc24)-c2ccccc2C8(C)C)C(C)(C)CCC7(C)C)C(C)(C)c2ccccc2-5)cc1. The van der Waals surface area contributed by atoms with Crippen LogP contribution in [-0.4, -0.2) is 11.4 Å². The summed E-state index contributed by atoms with van der Waals surface area (Å²) in [5.41, 5.74) is 28.7. The van der Waals surface area contributed by atoms with Crippen LogP contribution in [0, 0.1) is 0 Å². The first-order valence-corrected chi connectivity index (χ1v) is 25.8. The van der Waals surface area contributed by atoms with E-state index < -0.39 is 0 Å². The molecule has 0 saturated heterocycles. The lowest BCUT2D eigenvalue weighted by Gasteiger charge is -2.43. The molecule has 4 heteroatoms. The fourth-order valence-corrected chi connectivity index (χ4v) is 14.7. The van der Waals surface area contributed by atoms with E-state index in [0.29, 0.717) is 0 Å². The Hall–Kier alpha value is -6.78. The van der Waals surface area contributed by atoms with Gasteiger partial charge in [-0.05, 0) is 149 Å². The molecule has 5 aliphatic rings. The molecule has 70 heavy (non-hydrogen) atoms. The number of hydrogen-bond acceptors (Lipinski definition) is 2. The van der Waals surface area contributed by atoms with Crippen molar-refractivity contribution in [2.24, 2.45) is 0 Å². The molecule has 3 aliphatic carbocycles. The first-order valence-electron chi connectivity index (χ1n) is 25.8. The van der Waals surface area contributed by atoms with E-state index >= 15 is 0 Å². The summed E-state index contributed by atoms with van der Waals surface area (Å²) >= 11 is 0. The minimum atomic E-state index is -0.269. The van der Waals surface area contributed by atoms with E-state index in [1.807, 2.05) is 0 Å². The Labute approximate surface area is 412 Å². The number of benzene rings is 8. The van der Waals surface area contributed by atoms with Crippen LogP contribution in [0.4, 0.5) is 11.4 Å². The molecule has 2 aliphatic heterocycles. The van der Waals surface area contributed by atoms with Crippen molar-refractivity contribution in [1.29, 1.82) is 0 Å². The summed E-state index contributed by atoms with van der Waals surface area (Å²) in [6.45, 7) is 26.6. The van der Waals surface area contributed by atoms with Gasteiger partial charge >= 0.3 is 6.85 Å². The molecule has 0 unspecified atom stereocenters. The van der Waals surface area contributed by atoms with Gasteiger partial charge in [0.05, 0.1) is 11.0 Å². The maximum absolute atomic E-state index is 6.87. The van der Waals surface area contributed by atoms with Gasteiger partial charge in [0.15, 0.2) is 0 Å². The third-order valence-electron chi connectivity index (χ3n) is 18.5. The predicted octanol–water partition coefficient (Wildman–Crippen LogP) is 16.2. The Morgan fingerprint density at radius 3 is 1.90 bits per heavy atom. The van der Waals surface area contributed by atoms with Crippen LogP contribution >= 0.6 is 0 Å². The summed E-state index contributed by atoms with van der Waals surface area (Å²) in [6.07, 6.45) is 2.34. The van der Waals surface area contributed by atoms with E-state index in [0.717, 1.165) is 21.9 Å². The second-order valence-corrected chi connectivity index (χ2v) is 25.1. The number of furan rings is 1. The number of para-hydroxylation sites is 1. The van der Waals surface area contributed by atoms with Crippen LogP contribution in [0.25, 0.3) is 82.8 Å². The summed E-state index contributed by atoms with van der Waals surface area (Å²) in [6, 6.07) is 52.2. The van der Waals surface area contributed by atoms with Crippen molar-refractivity contribution >= 4 is 72.9 Å². The Morgan fingerprint density at radius 2 is 1.17 bits per heavy atom. The standard InChI is InChI=1S/C66H59BN2O/c1-62(2,3)36-24-26-37(27-25-36)69-52-35-55-42(39-19-14-17-23-54(39)70-55)30-43(52)57-56-40-20-13-16-22-46(40)66(10,11)59(56)58-44-31-48-49(64(6,7)29-28-63(48,4)5)34-51(44)68-53-33-47-41(32-50(53)67(69)60(57)61(58)68)38-18-12-15-21-45(38)65(47,8)9/h12-27,30-35H,28-29H2,1-11H3. The monoisotopic (exact) mass is 906 g/mol. The van der Waals surface area contributed by atoms with Gasteiger partial charge in [-0.2, -0.15) is 0 Å². The molecule has 0 fully saturated rings. The van der Waals surface area contributed by atoms with Gasteiger partial charge in [-0.25, -0.2) is 0 Å². The highest BCUT2D eigenvalue weighted by molar-refractivity contribution is 6.94. The highest BCUT2D eigenvalue weighted by atomic mass is 16.3. The minimum Gasteiger partial charge on any atom is -0.456 e. The molecule has 15 rings (SSSR count). The Balaban J connectivity index is 1.20. The third kappa shape index (κ3) is 4.88. The molecule has 4 heterocycles. The fourth-order valence-electron chi connectivity index (χ4n) is 14.7. The van der Waals surface area contributed by atoms with Gasteiger partial charge in [0.25, 0.3) is 0 Å². The van der Waals surface area contributed by atoms with Gasteiger partial charge in [-0.15, -0.1) is 0 Å². The van der Waals surface area contributed by atoms with Crippen LogP contribution in [0.5, 0.6) is 0 Å². The van der Waals surface area contributed by atoms with Crippen LogP contribution < -0.4 is 15.7 Å². The zero-order valence-electron chi connectivity index (χ0n) is 42.5. The second-order valence-electron chi connectivity index (χ2n) is 25.1. The Kier molecular flexibility index (Phi) is 7.48. The van der Waals surface area contributed by atoms with Crippen LogP contribution in [0.1, 0.15) is 128 Å². The Morgan fingerprint density at radius 1 is 0.514 bits per heavy atom. The molecular weight excluding hydrogens is 848 g/mol. The first kappa shape index (κ1) is 41.0. The summed E-state index contributed by atoms with van der Waals surface area (Å²) in [5, 5.41) is 5.12. The normalized spacial score (nSPS) is 17.9. The molecule has 8 aromatic carbocycles. The molecule has 10 aromatic rings. The van der Waals surface area contributed by atoms with Gasteiger partial charge < -0.3 is 13.8 Å². The fraction of sp³-hybridized carbons (Fsp3) is 0.273. The molecular formula is C66H59BN2O. The van der Waals surface area contributed by atoms with Crippen LogP contribution in [0.3, 0.4) is 0 Å². The van der Waals surface area contributed by atoms with E-state index in [1.54, 1.807) is 0 Å². The molecule has 3 nitrogen and oxygen atoms in total. The van der Waals surface area contributed by atoms with Gasteiger partial charge in [0, 0.05) is 61.1 Å². The smallest absolute Gasteiger partial charge is 0.333 e. The average molecular weight is 907 g/mol. The lowest BCUT2D eigenvalue weighted by molar-refractivity contribution is 0.332. The zero-order chi connectivity index (χ0) is 47.9. The van der Waals surface area contributed by atoms with Crippen molar-refractivity contribution in [1.82, 2.24) is 4.57 Å². The number of anilines is 2. The predicted molar refractivity (Wildman–Crippen MR) is 296 cm³/mol. The van der Waals surface area contributed by atoms with Gasteiger partial charge in [-0.1, -0.05) is 161 Å². The van der Waals surface area contributed by atoms with Crippen molar-refractivity contribution in [3.05, 3.63) is 172 Å². The maximum atomic E-state index is 6.87. The summed E-state index contributed by atoms with van der Waals surface area (Å²) in [5.74, 6) is 0. The summed E-state index contributed by atoms with van der Waals surface area (Å²) in [7, 11) is 0. The van der Waals surface area contributed by atoms with Crippen molar-refractivity contribution < 1.29 is 4.42 Å². The number of aromatic nitrogens is 1. The molecule has 0 spiro atoms. The average Bonchev–Trinajstić information content (AvgIpc) is 4.01. The van der Waals surface area contributed by atoms with Crippen molar-refractivity contribution in [3.8, 4) is 39.1 Å². The van der Waals surface area contributed by atoms with Crippen LogP contribution in [0.2, 0.25) is 0 Å². The Bertz CT molecular complexity index is 4050. The molecule has 0 radical (unpaired) electrons. The molecule has 342 valence electrons. The van der Waals surface area contributed by atoms with Crippen LogP contribution in [0.15, 0.2) is 138 Å². The quantitative estimate of drug-likeness (QED) is 0.153. The number of fused-ring (bicyclic) bond motifs is 20. The molecule has 0 atom stereocenters. The third-order valence-corrected chi connectivity index (χ3v) is 18.5. The second kappa shape index (κ2) is 12.8. The maximum Gasteiger partial charge on any atom is 0.333 e. The summed E-state index contributed by atoms with van der Waals surface area (Å²) in [4.78, 5) is 2.71. The highest BCUT2D eigenvalue weighted by Crippen LogP contribution is 2.61. The largest absolute Gasteiger partial charge is 0.456 e. The molecule has 0 N–H and O–H groups in total. The van der Waals surface area contributed by atoms with Gasteiger partial charge in [-0.3, -0.25) is 0 Å². The van der Waals surface area contributed by atoms with Crippen molar-refractivity contribution in [2.45, 2.75) is 116 Å². The van der Waals surface area contributed by atoms with E-state index in [4.69, 9.17) is 4.42 Å². The first-order chi connectivity index (χ1) is 33.4. The van der Waals surface area contributed by atoms with Crippen molar-refractivity contribution in [2.75, 3.05) is 4.81 Å². The van der Waals surface area contributed by atoms with Crippen molar-refractivity contribution in [3.63, 3.8) is 0 Å². The number of rotatable bonds is 1. The lowest BCUT2D eigenvalue weighted by atomic mass is 9.43. The minimum absolute atomic E-state index is 0.0136. The highest BCUT2D eigenvalue weighted by Gasteiger charge is 2.51.